The van der Waals surface area contributed by atoms with Crippen LogP contribution >= 0.6 is 11.6 Å². The third kappa shape index (κ3) is 2.70. The summed E-state index contributed by atoms with van der Waals surface area (Å²) in [6.07, 6.45) is -0.243. The number of carbonyl (C=O) groups excluding carboxylic acids is 2. The average molecular weight is 310 g/mol. The first-order valence-corrected chi connectivity index (χ1v) is 7.48. The quantitative estimate of drug-likeness (QED) is 0.634. The van der Waals surface area contributed by atoms with Crippen LogP contribution in [0.5, 0.6) is 0 Å². The van der Waals surface area contributed by atoms with Crippen LogP contribution in [0.25, 0.3) is 0 Å². The molecule has 2 aliphatic heterocycles. The average Bonchev–Trinajstić information content (AvgIpc) is 3.07. The first kappa shape index (κ1) is 14.2. The van der Waals surface area contributed by atoms with E-state index in [0.29, 0.717) is 13.0 Å². The highest BCUT2D eigenvalue weighted by molar-refractivity contribution is 6.18. The SMILES string of the molecule is O=C1O[C@@H](CCl)[C@@H]2[C@H]1CCN2C(=O)OCc1ccccc1. The molecule has 2 aliphatic rings. The Hall–Kier alpha value is -1.75. The highest BCUT2D eigenvalue weighted by atomic mass is 35.5. The van der Waals surface area contributed by atoms with Gasteiger partial charge in [-0.15, -0.1) is 11.6 Å². The summed E-state index contributed by atoms with van der Waals surface area (Å²) in [5.41, 5.74) is 0.925. The van der Waals surface area contributed by atoms with E-state index in [1.54, 1.807) is 4.90 Å². The molecule has 0 unspecified atom stereocenters. The number of amides is 1. The molecule has 6 heteroatoms. The third-order valence-electron chi connectivity index (χ3n) is 4.00. The number of benzene rings is 1. The van der Waals surface area contributed by atoms with Gasteiger partial charge in [-0.1, -0.05) is 30.3 Å². The maximum atomic E-state index is 12.2. The number of hydrogen-bond donors (Lipinski definition) is 0. The van der Waals surface area contributed by atoms with Gasteiger partial charge < -0.3 is 14.4 Å². The second-order valence-electron chi connectivity index (χ2n) is 5.25. The van der Waals surface area contributed by atoms with Gasteiger partial charge in [0.2, 0.25) is 0 Å². The van der Waals surface area contributed by atoms with E-state index in [1.165, 1.54) is 0 Å². The molecule has 2 heterocycles. The first-order valence-electron chi connectivity index (χ1n) is 6.94. The zero-order valence-corrected chi connectivity index (χ0v) is 12.2. The van der Waals surface area contributed by atoms with Gasteiger partial charge in [0, 0.05) is 6.54 Å². The standard InChI is InChI=1S/C15H16ClNO4/c16-8-12-13-11(14(18)21-12)6-7-17(13)15(19)20-9-10-4-2-1-3-5-10/h1-5,11-13H,6-9H2/t11-,12+,13+/m1/s1. The van der Waals surface area contributed by atoms with Crippen molar-refractivity contribution < 1.29 is 19.1 Å². The minimum Gasteiger partial charge on any atom is -0.459 e. The Bertz CT molecular complexity index is 536. The number of fused-ring (bicyclic) bond motifs is 1. The molecule has 1 amide bonds. The van der Waals surface area contributed by atoms with Crippen molar-refractivity contribution in [3.63, 3.8) is 0 Å². The lowest BCUT2D eigenvalue weighted by atomic mass is 10.0. The van der Waals surface area contributed by atoms with Crippen LogP contribution in [0.2, 0.25) is 0 Å². The van der Waals surface area contributed by atoms with E-state index < -0.39 is 12.2 Å². The number of hydrogen-bond acceptors (Lipinski definition) is 4. The Morgan fingerprint density at radius 3 is 2.86 bits per heavy atom. The number of likely N-dealkylation sites (tertiary alicyclic amines) is 1. The van der Waals surface area contributed by atoms with E-state index in [9.17, 15) is 9.59 Å². The van der Waals surface area contributed by atoms with Crippen LogP contribution in [-0.2, 0) is 20.9 Å². The van der Waals surface area contributed by atoms with Gasteiger partial charge in [-0.25, -0.2) is 4.79 Å². The van der Waals surface area contributed by atoms with Crippen LogP contribution in [0, 0.1) is 5.92 Å². The Labute approximate surface area is 127 Å². The van der Waals surface area contributed by atoms with E-state index >= 15 is 0 Å². The fourth-order valence-corrected chi connectivity index (χ4v) is 3.22. The van der Waals surface area contributed by atoms with Gasteiger partial charge in [0.25, 0.3) is 0 Å². The normalized spacial score (nSPS) is 27.4. The summed E-state index contributed by atoms with van der Waals surface area (Å²) in [5, 5.41) is 0. The monoisotopic (exact) mass is 309 g/mol. The molecule has 2 fully saturated rings. The number of rotatable bonds is 3. The van der Waals surface area contributed by atoms with Gasteiger partial charge >= 0.3 is 12.1 Å². The Morgan fingerprint density at radius 2 is 2.14 bits per heavy atom. The van der Waals surface area contributed by atoms with Crippen LogP contribution in [0.15, 0.2) is 30.3 Å². The fourth-order valence-electron chi connectivity index (χ4n) is 2.98. The molecule has 112 valence electrons. The van der Waals surface area contributed by atoms with Crippen LogP contribution in [0.1, 0.15) is 12.0 Å². The molecule has 1 aromatic rings. The van der Waals surface area contributed by atoms with Crippen molar-refractivity contribution in [2.75, 3.05) is 12.4 Å². The van der Waals surface area contributed by atoms with Gasteiger partial charge in [-0.05, 0) is 12.0 Å². The van der Waals surface area contributed by atoms with E-state index in [2.05, 4.69) is 0 Å². The predicted molar refractivity (Wildman–Crippen MR) is 75.8 cm³/mol. The van der Waals surface area contributed by atoms with Crippen molar-refractivity contribution in [2.45, 2.75) is 25.2 Å². The van der Waals surface area contributed by atoms with E-state index in [1.807, 2.05) is 30.3 Å². The molecular formula is C15H16ClNO4. The van der Waals surface area contributed by atoms with Gasteiger partial charge in [-0.2, -0.15) is 0 Å². The van der Waals surface area contributed by atoms with Crippen molar-refractivity contribution in [3.8, 4) is 0 Å². The van der Waals surface area contributed by atoms with Crippen LogP contribution in [0.3, 0.4) is 0 Å². The van der Waals surface area contributed by atoms with Gasteiger partial charge in [0.15, 0.2) is 0 Å². The zero-order valence-electron chi connectivity index (χ0n) is 11.4. The van der Waals surface area contributed by atoms with Gasteiger partial charge in [0.1, 0.15) is 12.7 Å². The lowest BCUT2D eigenvalue weighted by Crippen LogP contribution is -2.43. The minimum absolute atomic E-state index is 0.190. The number of carbonyl (C=O) groups is 2. The predicted octanol–water partition coefficient (Wildman–Crippen LogP) is 2.18. The number of halogens is 1. The zero-order chi connectivity index (χ0) is 14.8. The summed E-state index contributed by atoms with van der Waals surface area (Å²) in [7, 11) is 0. The summed E-state index contributed by atoms with van der Waals surface area (Å²) >= 11 is 5.83. The molecule has 21 heavy (non-hydrogen) atoms. The topological polar surface area (TPSA) is 55.8 Å². The number of alkyl halides is 1. The highest BCUT2D eigenvalue weighted by Gasteiger charge is 2.53. The maximum absolute atomic E-state index is 12.2. The van der Waals surface area contributed by atoms with Crippen molar-refractivity contribution in [1.29, 1.82) is 0 Å². The molecule has 0 saturated carbocycles. The van der Waals surface area contributed by atoms with Crippen molar-refractivity contribution in [1.82, 2.24) is 4.90 Å². The summed E-state index contributed by atoms with van der Waals surface area (Å²) in [4.78, 5) is 25.5. The number of cyclic esters (lactones) is 1. The second-order valence-corrected chi connectivity index (χ2v) is 5.56. The second kappa shape index (κ2) is 5.93. The summed E-state index contributed by atoms with van der Waals surface area (Å²) in [6, 6.07) is 9.18. The molecule has 1 aromatic carbocycles. The molecular weight excluding hydrogens is 294 g/mol. The van der Waals surface area contributed by atoms with Crippen LogP contribution in [0.4, 0.5) is 4.79 Å². The summed E-state index contributed by atoms with van der Waals surface area (Å²) in [5.74, 6) is -0.336. The van der Waals surface area contributed by atoms with Crippen LogP contribution < -0.4 is 0 Å². The Kier molecular flexibility index (Phi) is 4.01. The Balaban J connectivity index is 1.64. The number of ether oxygens (including phenoxy) is 2. The molecule has 0 N–H and O–H groups in total. The molecule has 3 atom stereocenters. The van der Waals surface area contributed by atoms with E-state index in [4.69, 9.17) is 21.1 Å². The third-order valence-corrected chi connectivity index (χ3v) is 4.30. The van der Waals surface area contributed by atoms with Crippen molar-refractivity contribution in [3.05, 3.63) is 35.9 Å². The summed E-state index contributed by atoms with van der Waals surface area (Å²) in [6.45, 7) is 0.722. The largest absolute Gasteiger partial charge is 0.459 e. The molecule has 0 radical (unpaired) electrons. The highest BCUT2D eigenvalue weighted by Crippen LogP contribution is 2.36. The first-order chi connectivity index (χ1) is 10.2. The maximum Gasteiger partial charge on any atom is 0.410 e. The lowest BCUT2D eigenvalue weighted by molar-refractivity contribution is -0.144. The number of nitrogens with zero attached hydrogens (tertiary/aromatic N) is 1. The lowest BCUT2D eigenvalue weighted by Gasteiger charge is -2.25. The smallest absolute Gasteiger partial charge is 0.410 e. The van der Waals surface area contributed by atoms with Crippen LogP contribution in [-0.4, -0.2) is 41.5 Å². The summed E-state index contributed by atoms with van der Waals surface area (Å²) < 4.78 is 10.5. The molecule has 0 spiro atoms. The molecule has 3 rings (SSSR count). The van der Waals surface area contributed by atoms with E-state index in [-0.39, 0.29) is 30.4 Å². The van der Waals surface area contributed by atoms with E-state index in [0.717, 1.165) is 5.56 Å². The van der Waals surface area contributed by atoms with Gasteiger partial charge in [0.05, 0.1) is 17.8 Å². The fraction of sp³-hybridized carbons (Fsp3) is 0.467. The Morgan fingerprint density at radius 1 is 1.38 bits per heavy atom. The molecule has 2 saturated heterocycles. The molecule has 0 aromatic heterocycles. The molecule has 0 bridgehead atoms. The van der Waals surface area contributed by atoms with Gasteiger partial charge in [-0.3, -0.25) is 4.79 Å². The van der Waals surface area contributed by atoms with Crippen molar-refractivity contribution in [2.24, 2.45) is 5.92 Å². The number of esters is 1. The molecule has 0 aliphatic carbocycles. The molecule has 5 nitrogen and oxygen atoms in total. The van der Waals surface area contributed by atoms with Crippen molar-refractivity contribution >= 4 is 23.7 Å². The minimum atomic E-state index is -0.434.